The van der Waals surface area contributed by atoms with E-state index in [0.29, 0.717) is 0 Å². The maximum absolute atomic E-state index is 11.3. The van der Waals surface area contributed by atoms with Gasteiger partial charge >= 0.3 is 0 Å². The van der Waals surface area contributed by atoms with Crippen molar-refractivity contribution >= 4 is 28.6 Å². The van der Waals surface area contributed by atoms with Crippen LogP contribution in [0.3, 0.4) is 0 Å². The van der Waals surface area contributed by atoms with Crippen molar-refractivity contribution in [1.82, 2.24) is 0 Å². The van der Waals surface area contributed by atoms with Crippen molar-refractivity contribution in [3.05, 3.63) is 34.1 Å². The zero-order chi connectivity index (χ0) is 11.3. The van der Waals surface area contributed by atoms with Gasteiger partial charge in [0.1, 0.15) is 5.75 Å². The quantitative estimate of drug-likeness (QED) is 0.812. The van der Waals surface area contributed by atoms with Crippen LogP contribution >= 0.6 is 11.8 Å². The first-order valence-electron chi connectivity index (χ1n) is 4.40. The van der Waals surface area contributed by atoms with Gasteiger partial charge in [-0.15, -0.1) is 11.8 Å². The Kier molecular flexibility index (Phi) is 4.91. The van der Waals surface area contributed by atoms with Crippen molar-refractivity contribution in [2.45, 2.75) is 0 Å². The van der Waals surface area contributed by atoms with E-state index < -0.39 is 10.8 Å². The summed E-state index contributed by atoms with van der Waals surface area (Å²) in [5.41, 5.74) is 1.04. The smallest absolute Gasteiger partial charge is 0.118 e. The second kappa shape index (κ2) is 5.98. The highest BCUT2D eigenvalue weighted by Crippen LogP contribution is 2.20. The van der Waals surface area contributed by atoms with Crippen LogP contribution in [0.15, 0.2) is 28.5 Å². The molecule has 0 unspecified atom stereocenters. The molecule has 0 spiro atoms. The lowest BCUT2D eigenvalue weighted by atomic mass is 10.2. The third kappa shape index (κ3) is 3.72. The first-order valence-corrected chi connectivity index (χ1v) is 7.19. The molecule has 1 rings (SSSR count). The van der Waals surface area contributed by atoms with Crippen LogP contribution in [0.25, 0.3) is 6.08 Å². The Balaban J connectivity index is 2.92. The molecule has 1 aromatic rings. The molecule has 15 heavy (non-hydrogen) atoms. The van der Waals surface area contributed by atoms with E-state index in [0.717, 1.165) is 15.6 Å². The fraction of sp³-hybridized carbons (Fsp3) is 0.273. The van der Waals surface area contributed by atoms with Crippen molar-refractivity contribution < 1.29 is 8.95 Å². The Hall–Kier alpha value is -0.740. The van der Waals surface area contributed by atoms with Crippen molar-refractivity contribution in [2.24, 2.45) is 0 Å². The van der Waals surface area contributed by atoms with E-state index in [4.69, 9.17) is 4.74 Å². The van der Waals surface area contributed by atoms with Crippen LogP contribution in [0, 0.1) is 0 Å². The van der Waals surface area contributed by atoms with Crippen LogP contribution in [0.4, 0.5) is 0 Å². The van der Waals surface area contributed by atoms with E-state index in [1.807, 2.05) is 36.6 Å². The lowest BCUT2D eigenvalue weighted by molar-refractivity contribution is 0.415. The third-order valence-corrected chi connectivity index (χ3v) is 4.29. The van der Waals surface area contributed by atoms with Crippen molar-refractivity contribution in [2.75, 3.05) is 19.6 Å². The number of hydrogen-bond donors (Lipinski definition) is 0. The molecule has 1 atom stereocenters. The minimum Gasteiger partial charge on any atom is -0.497 e. The van der Waals surface area contributed by atoms with Crippen LogP contribution in [0.2, 0.25) is 0 Å². The maximum Gasteiger partial charge on any atom is 0.118 e. The molecule has 0 amide bonds. The number of rotatable bonds is 4. The minimum absolute atomic E-state index is 0.829. The van der Waals surface area contributed by atoms with Gasteiger partial charge in [-0.1, -0.05) is 12.1 Å². The number of ether oxygens (including phenoxy) is 1. The highest BCUT2D eigenvalue weighted by Gasteiger charge is 2.00. The molecule has 1 aromatic carbocycles. The van der Waals surface area contributed by atoms with Crippen molar-refractivity contribution in [3.8, 4) is 5.75 Å². The van der Waals surface area contributed by atoms with E-state index in [1.165, 1.54) is 11.8 Å². The molecule has 82 valence electrons. The normalized spacial score (nSPS) is 13.7. The molecule has 2 nitrogen and oxygen atoms in total. The van der Waals surface area contributed by atoms with Gasteiger partial charge in [-0.05, 0) is 30.0 Å². The Morgan fingerprint density at radius 2 is 2.00 bits per heavy atom. The van der Waals surface area contributed by atoms with Crippen LogP contribution in [0.1, 0.15) is 5.56 Å². The topological polar surface area (TPSA) is 26.3 Å². The highest BCUT2D eigenvalue weighted by molar-refractivity contribution is 8.16. The average molecular weight is 242 g/mol. The van der Waals surface area contributed by atoms with Gasteiger partial charge in [-0.25, -0.2) is 0 Å². The summed E-state index contributed by atoms with van der Waals surface area (Å²) in [4.78, 5) is 0. The maximum atomic E-state index is 11.3. The number of benzene rings is 1. The molecule has 0 heterocycles. The minimum atomic E-state index is -0.918. The Morgan fingerprint density at radius 3 is 2.40 bits per heavy atom. The van der Waals surface area contributed by atoms with Gasteiger partial charge in [0, 0.05) is 6.26 Å². The van der Waals surface area contributed by atoms with Gasteiger partial charge in [0.25, 0.3) is 0 Å². The van der Waals surface area contributed by atoms with Gasteiger partial charge in [0.2, 0.25) is 0 Å². The van der Waals surface area contributed by atoms with Crippen LogP contribution < -0.4 is 4.74 Å². The van der Waals surface area contributed by atoms with E-state index in [9.17, 15) is 4.21 Å². The molecule has 0 fully saturated rings. The summed E-state index contributed by atoms with van der Waals surface area (Å²) in [7, 11) is 0.720. The van der Waals surface area contributed by atoms with E-state index >= 15 is 0 Å². The molecule has 4 heteroatoms. The summed E-state index contributed by atoms with van der Waals surface area (Å²) in [5, 5.41) is 0. The van der Waals surface area contributed by atoms with Crippen LogP contribution in [-0.2, 0) is 10.8 Å². The molecule has 0 radical (unpaired) electrons. The van der Waals surface area contributed by atoms with Crippen molar-refractivity contribution in [1.29, 1.82) is 0 Å². The first-order chi connectivity index (χ1) is 7.17. The Morgan fingerprint density at radius 1 is 1.40 bits per heavy atom. The molecular weight excluding hydrogens is 228 g/mol. The summed E-state index contributed by atoms with van der Waals surface area (Å²) in [6, 6.07) is 7.68. The third-order valence-electron chi connectivity index (χ3n) is 1.88. The molecular formula is C11H14O2S2. The van der Waals surface area contributed by atoms with Gasteiger partial charge in [-0.2, -0.15) is 0 Å². The zero-order valence-electron chi connectivity index (χ0n) is 9.02. The Labute approximate surface area is 97.2 Å². The predicted molar refractivity (Wildman–Crippen MR) is 68.6 cm³/mol. The van der Waals surface area contributed by atoms with Gasteiger partial charge in [0.05, 0.1) is 22.1 Å². The lowest BCUT2D eigenvalue weighted by Crippen LogP contribution is -1.87. The molecule has 0 N–H and O–H groups in total. The molecule has 0 aliphatic carbocycles. The predicted octanol–water partition coefficient (Wildman–Crippen LogP) is 2.74. The molecule has 0 aliphatic heterocycles. The standard InChI is InChI=1S/C11H14O2S2/c1-13-10-6-4-9(5-7-10)8-11(14-2)15(3)12/h4-8H,1-3H3/b11-8+/t15-/m1/s1. The van der Waals surface area contributed by atoms with Gasteiger partial charge in [0.15, 0.2) is 0 Å². The largest absolute Gasteiger partial charge is 0.497 e. The number of thioether (sulfide) groups is 1. The van der Waals surface area contributed by atoms with E-state index in [1.54, 1.807) is 13.4 Å². The fourth-order valence-electron chi connectivity index (χ4n) is 1.10. The molecule has 0 bridgehead atoms. The van der Waals surface area contributed by atoms with E-state index in [2.05, 4.69) is 0 Å². The molecule has 0 saturated carbocycles. The summed E-state index contributed by atoms with van der Waals surface area (Å²) in [6.07, 6.45) is 5.54. The number of hydrogen-bond acceptors (Lipinski definition) is 3. The monoisotopic (exact) mass is 242 g/mol. The van der Waals surface area contributed by atoms with Crippen LogP contribution in [0.5, 0.6) is 5.75 Å². The van der Waals surface area contributed by atoms with Gasteiger partial charge < -0.3 is 4.74 Å². The fourth-order valence-corrected chi connectivity index (χ4v) is 2.59. The Bertz CT molecular complexity index is 369. The second-order valence-corrected chi connectivity index (χ2v) is 5.35. The summed E-state index contributed by atoms with van der Waals surface area (Å²) in [6.45, 7) is 0. The van der Waals surface area contributed by atoms with Gasteiger partial charge in [-0.3, -0.25) is 4.21 Å². The molecule has 0 saturated heterocycles. The zero-order valence-corrected chi connectivity index (χ0v) is 10.7. The van der Waals surface area contributed by atoms with Crippen molar-refractivity contribution in [3.63, 3.8) is 0 Å². The lowest BCUT2D eigenvalue weighted by Gasteiger charge is -2.01. The summed E-state index contributed by atoms with van der Waals surface area (Å²) < 4.78 is 17.2. The summed E-state index contributed by atoms with van der Waals surface area (Å²) >= 11 is 1.51. The first kappa shape index (κ1) is 12.3. The molecule has 0 aromatic heterocycles. The highest BCUT2D eigenvalue weighted by atomic mass is 32.2. The summed E-state index contributed by atoms with van der Waals surface area (Å²) in [5.74, 6) is 0.829. The second-order valence-electron chi connectivity index (χ2n) is 2.89. The number of methoxy groups -OCH3 is 1. The van der Waals surface area contributed by atoms with Crippen LogP contribution in [-0.4, -0.2) is 23.8 Å². The SMILES string of the molecule is COc1ccc(/C=C(\SC)[S@@](C)=O)cc1. The average Bonchev–Trinajstić information content (AvgIpc) is 2.26. The molecule has 0 aliphatic rings. The van der Waals surface area contributed by atoms with E-state index in [-0.39, 0.29) is 0 Å².